The van der Waals surface area contributed by atoms with Gasteiger partial charge in [0.2, 0.25) is 18.3 Å². The molecule has 0 aliphatic rings. The van der Waals surface area contributed by atoms with Crippen molar-refractivity contribution in [2.45, 2.75) is 53.5 Å². The van der Waals surface area contributed by atoms with Crippen LogP contribution in [0.3, 0.4) is 0 Å². The molecule has 0 aliphatic carbocycles. The van der Waals surface area contributed by atoms with Crippen LogP contribution in [0.5, 0.6) is 0 Å². The van der Waals surface area contributed by atoms with Gasteiger partial charge >= 0.3 is 0 Å². The van der Waals surface area contributed by atoms with Crippen LogP contribution in [-0.2, 0) is 24.2 Å². The van der Waals surface area contributed by atoms with Crippen molar-refractivity contribution in [3.8, 4) is 25.7 Å². The Morgan fingerprint density at radius 1 is 0.897 bits per heavy atom. The molecule has 7 heteroatoms. The van der Waals surface area contributed by atoms with Gasteiger partial charge in [-0.05, 0) is 61.2 Å². The zero-order chi connectivity index (χ0) is 30.1. The van der Waals surface area contributed by atoms with Crippen molar-refractivity contribution in [3.05, 3.63) is 101 Å². The van der Waals surface area contributed by atoms with E-state index in [0.29, 0.717) is 12.1 Å². The Hall–Kier alpha value is -4.20. The van der Waals surface area contributed by atoms with Crippen LogP contribution in [-0.4, -0.2) is 24.2 Å². The first-order valence-electron chi connectivity index (χ1n) is 12.7. The smallest absolute Gasteiger partial charge is 0.225 e. The minimum Gasteiger partial charge on any atom is -0.356 e. The standard InChI is InChI=1S/C19H25N3O2.C7H6F2.C2H6.2C2H2/c1-2-16-6-3-7-17(12-16)14-20-9-5-10-21-19(23)13-18-8-4-11-22(24)15-18;1-5-2-6(8)4-7(9)3-5;3*1-2/h3-4,6-8,11-12,15,20H,2,5,9-10,13-14H2,1H3,(H-,21,23,24);2-4H,1H3;1-2H3;2*1-2H/p+1. The van der Waals surface area contributed by atoms with Crippen LogP contribution < -0.4 is 15.4 Å². The molecule has 0 spiro atoms. The number of carbonyl (C=O) groups is 1. The summed E-state index contributed by atoms with van der Waals surface area (Å²) >= 11 is 0. The molecule has 3 N–H and O–H groups in total. The number of aromatic nitrogens is 1. The molecular formula is C32H42F2N3O2+. The fourth-order valence-corrected chi connectivity index (χ4v) is 3.19. The third-order valence-corrected chi connectivity index (χ3v) is 4.80. The number of nitrogens with zero attached hydrogens (tertiary/aromatic N) is 1. The zero-order valence-electron chi connectivity index (χ0n) is 23.5. The van der Waals surface area contributed by atoms with Crippen LogP contribution in [0.25, 0.3) is 0 Å². The Kier molecular flexibility index (Phi) is 22.9. The average molecular weight is 539 g/mol. The summed E-state index contributed by atoms with van der Waals surface area (Å²) in [4.78, 5) is 11.8. The number of pyridine rings is 1. The second-order valence-electron chi connectivity index (χ2n) is 7.77. The SMILES string of the molecule is C#C.C#C.CC.CCc1cccc(CNCCCNC(=O)Cc2ccc[n+](O)c2)c1.Cc1cc(F)cc(F)c1. The predicted molar refractivity (Wildman–Crippen MR) is 155 cm³/mol. The first-order valence-corrected chi connectivity index (χ1v) is 12.7. The van der Waals surface area contributed by atoms with Crippen LogP contribution in [0.15, 0.2) is 67.0 Å². The molecule has 0 atom stereocenters. The summed E-state index contributed by atoms with van der Waals surface area (Å²) in [6.45, 7) is 10.2. The molecule has 1 amide bonds. The maximum absolute atomic E-state index is 12.2. The molecule has 0 radical (unpaired) electrons. The van der Waals surface area contributed by atoms with Gasteiger partial charge in [-0.25, -0.2) is 8.78 Å². The lowest BCUT2D eigenvalue weighted by Gasteiger charge is -2.07. The van der Waals surface area contributed by atoms with E-state index in [2.05, 4.69) is 67.5 Å². The predicted octanol–water partition coefficient (Wildman–Crippen LogP) is 5.41. The summed E-state index contributed by atoms with van der Waals surface area (Å²) in [6, 6.07) is 15.5. The summed E-state index contributed by atoms with van der Waals surface area (Å²) in [5, 5.41) is 15.6. The van der Waals surface area contributed by atoms with E-state index in [9.17, 15) is 18.8 Å². The van der Waals surface area contributed by atoms with E-state index in [-0.39, 0.29) is 12.3 Å². The minimum absolute atomic E-state index is 0.0307. The molecule has 3 aromatic rings. The van der Waals surface area contributed by atoms with Crippen molar-refractivity contribution in [1.82, 2.24) is 10.6 Å². The van der Waals surface area contributed by atoms with Gasteiger partial charge in [0, 0.05) is 35.5 Å². The van der Waals surface area contributed by atoms with Crippen molar-refractivity contribution in [1.29, 1.82) is 0 Å². The number of nitrogens with one attached hydrogen (secondary N) is 2. The van der Waals surface area contributed by atoms with Crippen molar-refractivity contribution in [3.63, 3.8) is 0 Å². The molecule has 0 unspecified atom stereocenters. The molecule has 0 bridgehead atoms. The highest BCUT2D eigenvalue weighted by molar-refractivity contribution is 5.78. The number of rotatable bonds is 9. The summed E-state index contributed by atoms with van der Waals surface area (Å²) in [5.41, 5.74) is 4.03. The minimum atomic E-state index is -0.521. The van der Waals surface area contributed by atoms with Gasteiger partial charge in [-0.3, -0.25) is 10.0 Å². The molecule has 5 nitrogen and oxygen atoms in total. The first kappa shape index (κ1) is 37.0. The van der Waals surface area contributed by atoms with E-state index in [1.807, 2.05) is 19.9 Å². The van der Waals surface area contributed by atoms with Crippen LogP contribution in [0.4, 0.5) is 8.78 Å². The van der Waals surface area contributed by atoms with Crippen LogP contribution in [0.1, 0.15) is 49.4 Å². The monoisotopic (exact) mass is 538 g/mol. The molecular weight excluding hydrogens is 496 g/mol. The number of halogens is 2. The van der Waals surface area contributed by atoms with Crippen molar-refractivity contribution >= 4 is 5.91 Å². The van der Waals surface area contributed by atoms with Gasteiger partial charge in [-0.2, -0.15) is 0 Å². The lowest BCUT2D eigenvalue weighted by atomic mass is 10.1. The lowest BCUT2D eigenvalue weighted by molar-refractivity contribution is -0.905. The average Bonchev–Trinajstić information content (AvgIpc) is 2.94. The lowest BCUT2D eigenvalue weighted by Crippen LogP contribution is -2.31. The molecule has 0 aliphatic heterocycles. The maximum atomic E-state index is 12.2. The number of amides is 1. The van der Waals surface area contributed by atoms with Crippen LogP contribution in [0, 0.1) is 44.3 Å². The summed E-state index contributed by atoms with van der Waals surface area (Å²) in [6.07, 6.45) is 21.3. The van der Waals surface area contributed by atoms with Gasteiger partial charge in [0.25, 0.3) is 0 Å². The summed E-state index contributed by atoms with van der Waals surface area (Å²) in [5.74, 6) is -1.07. The number of terminal acetylenes is 2. The van der Waals surface area contributed by atoms with Crippen LogP contribution >= 0.6 is 0 Å². The maximum Gasteiger partial charge on any atom is 0.225 e. The third kappa shape index (κ3) is 18.7. The van der Waals surface area contributed by atoms with E-state index in [4.69, 9.17) is 0 Å². The molecule has 0 saturated carbocycles. The number of hydrogen-bond acceptors (Lipinski definition) is 3. The first-order chi connectivity index (χ1) is 18.9. The third-order valence-electron chi connectivity index (χ3n) is 4.80. The Labute approximate surface area is 233 Å². The summed E-state index contributed by atoms with van der Waals surface area (Å²) in [7, 11) is 0. The second kappa shape index (κ2) is 24.2. The number of carbonyl (C=O) groups excluding carboxylic acids is 1. The van der Waals surface area contributed by atoms with E-state index in [1.165, 1.54) is 35.7 Å². The normalized spacial score (nSPS) is 8.97. The van der Waals surface area contributed by atoms with Gasteiger partial charge in [0.05, 0.1) is 6.42 Å². The number of hydrogen-bond donors (Lipinski definition) is 3. The highest BCUT2D eigenvalue weighted by Gasteiger charge is 2.06. The van der Waals surface area contributed by atoms with E-state index >= 15 is 0 Å². The highest BCUT2D eigenvalue weighted by atomic mass is 19.1. The molecule has 2 aromatic carbocycles. The largest absolute Gasteiger partial charge is 0.356 e. The van der Waals surface area contributed by atoms with E-state index in [0.717, 1.165) is 42.3 Å². The molecule has 39 heavy (non-hydrogen) atoms. The van der Waals surface area contributed by atoms with Gasteiger partial charge in [-0.15, -0.1) is 25.7 Å². The highest BCUT2D eigenvalue weighted by Crippen LogP contribution is 2.06. The fraction of sp³-hybridized carbons (Fsp3) is 0.312. The molecule has 1 heterocycles. The molecule has 0 fully saturated rings. The quantitative estimate of drug-likeness (QED) is 0.148. The molecule has 3 rings (SSSR count). The number of aryl methyl sites for hydroxylation is 2. The molecule has 1 aromatic heterocycles. The van der Waals surface area contributed by atoms with Crippen molar-refractivity contribution in [2.75, 3.05) is 13.1 Å². The van der Waals surface area contributed by atoms with Crippen molar-refractivity contribution in [2.24, 2.45) is 0 Å². The van der Waals surface area contributed by atoms with Crippen LogP contribution in [0.2, 0.25) is 0 Å². The van der Waals surface area contributed by atoms with E-state index < -0.39 is 11.6 Å². The van der Waals surface area contributed by atoms with Gasteiger partial charge in [-0.1, -0.05) is 45.0 Å². The van der Waals surface area contributed by atoms with Gasteiger partial charge in [0.15, 0.2) is 0 Å². The Balaban J connectivity index is 0. The van der Waals surface area contributed by atoms with E-state index in [1.54, 1.807) is 13.0 Å². The van der Waals surface area contributed by atoms with Crippen molar-refractivity contribution < 1.29 is 23.5 Å². The number of benzene rings is 2. The Morgan fingerprint density at radius 2 is 1.49 bits per heavy atom. The molecule has 0 saturated heterocycles. The molecule has 210 valence electrons. The van der Waals surface area contributed by atoms with Gasteiger partial charge in [0.1, 0.15) is 11.6 Å². The second-order valence-corrected chi connectivity index (χ2v) is 7.77. The Morgan fingerprint density at radius 3 is 2.05 bits per heavy atom. The van der Waals surface area contributed by atoms with Gasteiger partial charge < -0.3 is 10.6 Å². The zero-order valence-corrected chi connectivity index (χ0v) is 23.5. The summed E-state index contributed by atoms with van der Waals surface area (Å²) < 4.78 is 25.3. The fourth-order valence-electron chi connectivity index (χ4n) is 3.19. The topological polar surface area (TPSA) is 65.2 Å². The Bertz CT molecular complexity index is 1060.